The SMILES string of the molecule is O=c1[nH]c2[nH]c(=O)n(Cc3ccccc3O)c(=O)c2[nH]1. The van der Waals surface area contributed by atoms with Crippen molar-refractivity contribution in [1.29, 1.82) is 0 Å². The van der Waals surface area contributed by atoms with Crippen LogP contribution >= 0.6 is 0 Å². The number of phenols is 1. The normalized spacial score (nSPS) is 11.0. The number of nitrogens with one attached hydrogen (secondary N) is 3. The first-order valence-electron chi connectivity index (χ1n) is 5.78. The lowest BCUT2D eigenvalue weighted by Crippen LogP contribution is -2.35. The number of hydrogen-bond acceptors (Lipinski definition) is 4. The molecule has 0 bridgehead atoms. The van der Waals surface area contributed by atoms with Gasteiger partial charge in [-0.3, -0.25) is 24.3 Å². The number of fused-ring (bicyclic) bond motifs is 1. The Labute approximate surface area is 110 Å². The predicted octanol–water partition coefficient (Wildman–Crippen LogP) is -0.540. The second-order valence-corrected chi connectivity index (χ2v) is 4.28. The highest BCUT2D eigenvalue weighted by Crippen LogP contribution is 2.15. The summed E-state index contributed by atoms with van der Waals surface area (Å²) >= 11 is 0. The fraction of sp³-hybridized carbons (Fsp3) is 0.0833. The standard InChI is InChI=1S/C12H10N4O4/c17-7-4-2-1-3-6(7)5-16-10(18)8-9(15-12(16)20)14-11(19)13-8/h1-4,17H,5H2,(H,15,20)(H2,13,14,19). The first kappa shape index (κ1) is 12.0. The molecule has 1 aromatic carbocycles. The second-order valence-electron chi connectivity index (χ2n) is 4.28. The maximum Gasteiger partial charge on any atom is 0.330 e. The Bertz CT molecular complexity index is 960. The Hall–Kier alpha value is -3.03. The monoisotopic (exact) mass is 274 g/mol. The highest BCUT2D eigenvalue weighted by Gasteiger charge is 2.11. The van der Waals surface area contributed by atoms with Crippen LogP contribution in [0, 0.1) is 0 Å². The largest absolute Gasteiger partial charge is 0.508 e. The van der Waals surface area contributed by atoms with Crippen LogP contribution in [0.2, 0.25) is 0 Å². The minimum Gasteiger partial charge on any atom is -0.508 e. The maximum atomic E-state index is 12.1. The summed E-state index contributed by atoms with van der Waals surface area (Å²) in [6, 6.07) is 6.39. The fourth-order valence-electron chi connectivity index (χ4n) is 2.00. The van der Waals surface area contributed by atoms with Crippen LogP contribution < -0.4 is 16.9 Å². The molecule has 0 aliphatic rings. The van der Waals surface area contributed by atoms with Crippen LogP contribution in [0.15, 0.2) is 38.6 Å². The van der Waals surface area contributed by atoms with Gasteiger partial charge in [-0.25, -0.2) is 9.59 Å². The van der Waals surface area contributed by atoms with Gasteiger partial charge in [-0.05, 0) is 6.07 Å². The Balaban J connectivity index is 2.22. The molecule has 4 N–H and O–H groups in total. The Morgan fingerprint density at radius 3 is 2.55 bits per heavy atom. The first-order chi connectivity index (χ1) is 9.56. The summed E-state index contributed by atoms with van der Waals surface area (Å²) in [5.41, 5.74) is -1.40. The number of phenolic OH excluding ortho intramolecular Hbond substituents is 1. The van der Waals surface area contributed by atoms with Crippen LogP contribution in [-0.4, -0.2) is 24.6 Å². The van der Waals surface area contributed by atoms with E-state index in [1.807, 2.05) is 0 Å². The van der Waals surface area contributed by atoms with Crippen molar-refractivity contribution in [2.45, 2.75) is 6.54 Å². The lowest BCUT2D eigenvalue weighted by Gasteiger charge is -2.06. The number of benzene rings is 1. The summed E-state index contributed by atoms with van der Waals surface area (Å²) in [7, 11) is 0. The predicted molar refractivity (Wildman–Crippen MR) is 71.0 cm³/mol. The van der Waals surface area contributed by atoms with E-state index in [1.165, 1.54) is 6.07 Å². The number of nitrogens with zero attached hydrogens (tertiary/aromatic N) is 1. The van der Waals surface area contributed by atoms with Crippen LogP contribution in [0.1, 0.15) is 5.56 Å². The Morgan fingerprint density at radius 2 is 1.80 bits per heavy atom. The van der Waals surface area contributed by atoms with Crippen molar-refractivity contribution in [2.24, 2.45) is 0 Å². The van der Waals surface area contributed by atoms with Crippen molar-refractivity contribution in [3.63, 3.8) is 0 Å². The van der Waals surface area contributed by atoms with Gasteiger partial charge in [0.2, 0.25) is 0 Å². The summed E-state index contributed by atoms with van der Waals surface area (Å²) in [4.78, 5) is 42.2. The smallest absolute Gasteiger partial charge is 0.330 e. The molecule has 0 spiro atoms. The summed E-state index contributed by atoms with van der Waals surface area (Å²) < 4.78 is 0.904. The molecule has 102 valence electrons. The topological polar surface area (TPSA) is 124 Å². The number of H-pyrrole nitrogens is 3. The molecule has 8 nitrogen and oxygen atoms in total. The van der Waals surface area contributed by atoms with Gasteiger partial charge in [-0.2, -0.15) is 0 Å². The van der Waals surface area contributed by atoms with E-state index in [-0.39, 0.29) is 23.5 Å². The fourth-order valence-corrected chi connectivity index (χ4v) is 2.00. The molecular weight excluding hydrogens is 264 g/mol. The third-order valence-corrected chi connectivity index (χ3v) is 2.98. The summed E-state index contributed by atoms with van der Waals surface area (Å²) in [6.45, 7) is -0.0933. The molecule has 0 atom stereocenters. The number of aromatic hydroxyl groups is 1. The zero-order valence-corrected chi connectivity index (χ0v) is 10.1. The van der Waals surface area contributed by atoms with Crippen LogP contribution in [0.5, 0.6) is 5.75 Å². The Kier molecular flexibility index (Phi) is 2.56. The van der Waals surface area contributed by atoms with Gasteiger partial charge in [0.15, 0.2) is 5.52 Å². The summed E-state index contributed by atoms with van der Waals surface area (Å²) in [5.74, 6) is -0.0125. The van der Waals surface area contributed by atoms with Crippen molar-refractivity contribution in [2.75, 3.05) is 0 Å². The van der Waals surface area contributed by atoms with Crippen LogP contribution in [-0.2, 0) is 6.54 Å². The van der Waals surface area contributed by atoms with Gasteiger partial charge in [0.1, 0.15) is 11.4 Å². The zero-order chi connectivity index (χ0) is 14.3. The minimum absolute atomic E-state index is 0.00924. The molecule has 0 saturated carbocycles. The molecule has 0 radical (unpaired) electrons. The van der Waals surface area contributed by atoms with Crippen molar-refractivity contribution in [1.82, 2.24) is 19.5 Å². The molecule has 0 unspecified atom stereocenters. The van der Waals surface area contributed by atoms with Crippen molar-refractivity contribution < 1.29 is 5.11 Å². The first-order valence-corrected chi connectivity index (χ1v) is 5.78. The quantitative estimate of drug-likeness (QED) is 0.501. The molecule has 0 fully saturated rings. The van der Waals surface area contributed by atoms with Crippen LogP contribution in [0.25, 0.3) is 11.2 Å². The van der Waals surface area contributed by atoms with Gasteiger partial charge in [0.25, 0.3) is 5.56 Å². The molecule has 20 heavy (non-hydrogen) atoms. The molecule has 0 aliphatic heterocycles. The number of rotatable bonds is 2. The average molecular weight is 274 g/mol. The minimum atomic E-state index is -0.666. The van der Waals surface area contributed by atoms with Gasteiger partial charge < -0.3 is 5.11 Å². The van der Waals surface area contributed by atoms with Crippen molar-refractivity contribution >= 4 is 11.2 Å². The summed E-state index contributed by atoms with van der Waals surface area (Å²) in [5, 5.41) is 9.68. The molecule has 0 aliphatic carbocycles. The molecule has 3 aromatic rings. The van der Waals surface area contributed by atoms with Gasteiger partial charge >= 0.3 is 11.4 Å². The second kappa shape index (κ2) is 4.26. The number of aromatic nitrogens is 4. The maximum absolute atomic E-state index is 12.1. The number of para-hydroxylation sites is 1. The lowest BCUT2D eigenvalue weighted by molar-refractivity contribution is 0.464. The highest BCUT2D eigenvalue weighted by molar-refractivity contribution is 5.67. The molecule has 3 rings (SSSR count). The van der Waals surface area contributed by atoms with Crippen molar-refractivity contribution in [3.8, 4) is 5.75 Å². The molecule has 8 heteroatoms. The van der Waals surface area contributed by atoms with E-state index in [1.54, 1.807) is 18.2 Å². The Morgan fingerprint density at radius 1 is 1.05 bits per heavy atom. The lowest BCUT2D eigenvalue weighted by atomic mass is 10.2. The summed E-state index contributed by atoms with van der Waals surface area (Å²) in [6.07, 6.45) is 0. The number of hydrogen-bond donors (Lipinski definition) is 4. The average Bonchev–Trinajstić information content (AvgIpc) is 2.77. The van der Waals surface area contributed by atoms with Gasteiger partial charge in [-0.15, -0.1) is 0 Å². The van der Waals surface area contributed by atoms with Gasteiger partial charge in [0.05, 0.1) is 6.54 Å². The molecule has 0 amide bonds. The van der Waals surface area contributed by atoms with Crippen molar-refractivity contribution in [3.05, 3.63) is 61.2 Å². The van der Waals surface area contributed by atoms with E-state index < -0.39 is 16.9 Å². The van der Waals surface area contributed by atoms with E-state index >= 15 is 0 Å². The van der Waals surface area contributed by atoms with E-state index in [4.69, 9.17) is 0 Å². The molecular formula is C12H10N4O4. The van der Waals surface area contributed by atoms with E-state index in [0.29, 0.717) is 5.56 Å². The van der Waals surface area contributed by atoms with Crippen LogP contribution in [0.4, 0.5) is 0 Å². The number of aromatic amines is 3. The number of imidazole rings is 1. The van der Waals surface area contributed by atoms with E-state index in [0.717, 1.165) is 4.57 Å². The van der Waals surface area contributed by atoms with Gasteiger partial charge in [-0.1, -0.05) is 18.2 Å². The zero-order valence-electron chi connectivity index (χ0n) is 10.1. The molecule has 0 saturated heterocycles. The van der Waals surface area contributed by atoms with E-state index in [2.05, 4.69) is 15.0 Å². The molecule has 2 heterocycles. The van der Waals surface area contributed by atoms with E-state index in [9.17, 15) is 19.5 Å². The third kappa shape index (κ3) is 1.83. The highest BCUT2D eigenvalue weighted by atomic mass is 16.3. The van der Waals surface area contributed by atoms with Gasteiger partial charge in [0, 0.05) is 5.56 Å². The van der Waals surface area contributed by atoms with Crippen LogP contribution in [0.3, 0.4) is 0 Å². The third-order valence-electron chi connectivity index (χ3n) is 2.98. The molecule has 2 aromatic heterocycles.